The van der Waals surface area contributed by atoms with Gasteiger partial charge in [-0.1, -0.05) is 27.7 Å². The molecule has 1 radical (unpaired) electrons. The molecular weight excluding hydrogens is 152 g/mol. The zero-order valence-corrected chi connectivity index (χ0v) is 8.63. The molecule has 12 heavy (non-hydrogen) atoms. The van der Waals surface area contributed by atoms with Crippen molar-refractivity contribution in [2.24, 2.45) is 17.8 Å². The van der Waals surface area contributed by atoms with E-state index in [2.05, 4.69) is 27.7 Å². The molecule has 0 aromatic rings. The molecule has 0 aliphatic carbocycles. The lowest BCUT2D eigenvalue weighted by atomic mass is 9.83. The summed E-state index contributed by atoms with van der Waals surface area (Å²) >= 11 is 0. The normalized spacial score (nSPS) is 18.5. The Morgan fingerprint density at radius 1 is 1.00 bits per heavy atom. The SMILES string of the molecule is CC(C)C(C)C(C)C(C)O[C]=O. The van der Waals surface area contributed by atoms with Gasteiger partial charge < -0.3 is 4.74 Å². The van der Waals surface area contributed by atoms with Crippen LogP contribution >= 0.6 is 0 Å². The molecule has 0 fully saturated rings. The van der Waals surface area contributed by atoms with Gasteiger partial charge in [0.2, 0.25) is 0 Å². The van der Waals surface area contributed by atoms with Gasteiger partial charge in [-0.05, 0) is 24.7 Å². The second-order valence-corrected chi connectivity index (χ2v) is 3.87. The standard InChI is InChI=1S/C10H19O2/c1-7(2)8(3)9(4)10(5)12-6-11/h7-10H,1-5H3. The van der Waals surface area contributed by atoms with Crippen molar-refractivity contribution in [3.63, 3.8) is 0 Å². The van der Waals surface area contributed by atoms with Crippen LogP contribution in [0.15, 0.2) is 0 Å². The fraction of sp³-hybridized carbons (Fsp3) is 0.900. The summed E-state index contributed by atoms with van der Waals surface area (Å²) in [6, 6.07) is 0. The average Bonchev–Trinajstić information content (AvgIpc) is 2.02. The van der Waals surface area contributed by atoms with Crippen molar-refractivity contribution < 1.29 is 9.53 Å². The summed E-state index contributed by atoms with van der Waals surface area (Å²) in [4.78, 5) is 9.96. The predicted octanol–water partition coefficient (Wildman–Crippen LogP) is 2.39. The van der Waals surface area contributed by atoms with Crippen molar-refractivity contribution in [2.45, 2.75) is 40.7 Å². The van der Waals surface area contributed by atoms with E-state index in [1.54, 1.807) is 0 Å². The highest BCUT2D eigenvalue weighted by atomic mass is 16.5. The minimum atomic E-state index is -0.0279. The van der Waals surface area contributed by atoms with Crippen LogP contribution in [0.5, 0.6) is 0 Å². The summed E-state index contributed by atoms with van der Waals surface area (Å²) in [5.74, 6) is 1.58. The van der Waals surface area contributed by atoms with Gasteiger partial charge in [-0.25, -0.2) is 4.79 Å². The van der Waals surface area contributed by atoms with Crippen LogP contribution in [0.2, 0.25) is 0 Å². The zero-order chi connectivity index (χ0) is 9.72. The molecular formula is C10H19O2. The summed E-state index contributed by atoms with van der Waals surface area (Å²) < 4.78 is 4.77. The molecule has 0 aliphatic heterocycles. The summed E-state index contributed by atoms with van der Waals surface area (Å²) in [7, 11) is 0. The zero-order valence-electron chi connectivity index (χ0n) is 8.63. The molecule has 0 rings (SSSR count). The van der Waals surface area contributed by atoms with Crippen molar-refractivity contribution in [1.82, 2.24) is 0 Å². The average molecular weight is 171 g/mol. The number of rotatable bonds is 5. The molecule has 0 aliphatic rings. The van der Waals surface area contributed by atoms with Crippen molar-refractivity contribution in [2.75, 3.05) is 0 Å². The van der Waals surface area contributed by atoms with Gasteiger partial charge >= 0.3 is 6.47 Å². The van der Waals surface area contributed by atoms with Crippen LogP contribution in [0.3, 0.4) is 0 Å². The molecule has 0 N–H and O–H groups in total. The van der Waals surface area contributed by atoms with Crippen molar-refractivity contribution in [3.8, 4) is 0 Å². The van der Waals surface area contributed by atoms with Gasteiger partial charge in [0.25, 0.3) is 0 Å². The second kappa shape index (κ2) is 5.18. The largest absolute Gasteiger partial charge is 0.454 e. The summed E-state index contributed by atoms with van der Waals surface area (Å²) in [5, 5.41) is 0. The fourth-order valence-electron chi connectivity index (χ4n) is 1.22. The Kier molecular flexibility index (Phi) is 4.95. The monoisotopic (exact) mass is 171 g/mol. The van der Waals surface area contributed by atoms with Crippen LogP contribution < -0.4 is 0 Å². The van der Waals surface area contributed by atoms with E-state index in [1.807, 2.05) is 6.92 Å². The van der Waals surface area contributed by atoms with Crippen LogP contribution in [0.25, 0.3) is 0 Å². The van der Waals surface area contributed by atoms with Crippen LogP contribution in [0.1, 0.15) is 34.6 Å². The molecule has 0 bridgehead atoms. The fourth-order valence-corrected chi connectivity index (χ4v) is 1.22. The van der Waals surface area contributed by atoms with Gasteiger partial charge in [-0.2, -0.15) is 0 Å². The summed E-state index contributed by atoms with van der Waals surface area (Å²) in [6.07, 6.45) is -0.0279. The molecule has 0 spiro atoms. The Bertz CT molecular complexity index is 132. The molecule has 0 aromatic carbocycles. The van der Waals surface area contributed by atoms with E-state index < -0.39 is 0 Å². The topological polar surface area (TPSA) is 26.3 Å². The number of carbonyl (C=O) groups excluding carboxylic acids is 1. The highest BCUT2D eigenvalue weighted by Crippen LogP contribution is 2.23. The third-order valence-corrected chi connectivity index (χ3v) is 2.86. The first kappa shape index (κ1) is 11.5. The molecule has 0 amide bonds. The Labute approximate surface area is 75.3 Å². The van der Waals surface area contributed by atoms with E-state index in [1.165, 1.54) is 6.47 Å². The first-order valence-electron chi connectivity index (χ1n) is 4.53. The third kappa shape index (κ3) is 3.24. The molecule has 3 atom stereocenters. The maximum atomic E-state index is 9.96. The number of ether oxygens (including phenoxy) is 1. The minimum absolute atomic E-state index is 0.0279. The Morgan fingerprint density at radius 2 is 1.50 bits per heavy atom. The molecule has 71 valence electrons. The van der Waals surface area contributed by atoms with Gasteiger partial charge in [0.15, 0.2) is 0 Å². The highest BCUT2D eigenvalue weighted by Gasteiger charge is 2.22. The Morgan fingerprint density at radius 3 is 1.83 bits per heavy atom. The lowest BCUT2D eigenvalue weighted by Gasteiger charge is -2.27. The number of hydrogen-bond donors (Lipinski definition) is 0. The Balaban J connectivity index is 3.98. The lowest BCUT2D eigenvalue weighted by molar-refractivity contribution is 0.0943. The van der Waals surface area contributed by atoms with Crippen LogP contribution in [-0.2, 0) is 9.53 Å². The van der Waals surface area contributed by atoms with E-state index in [-0.39, 0.29) is 6.10 Å². The van der Waals surface area contributed by atoms with Crippen molar-refractivity contribution in [3.05, 3.63) is 0 Å². The van der Waals surface area contributed by atoms with Gasteiger partial charge in [-0.15, -0.1) is 0 Å². The van der Waals surface area contributed by atoms with Crippen LogP contribution in [0, 0.1) is 17.8 Å². The summed E-state index contributed by atoms with van der Waals surface area (Å²) in [5.41, 5.74) is 0. The van der Waals surface area contributed by atoms with E-state index in [0.29, 0.717) is 17.8 Å². The Hall–Kier alpha value is -0.530. The predicted molar refractivity (Wildman–Crippen MR) is 49.4 cm³/mol. The van der Waals surface area contributed by atoms with Crippen LogP contribution in [0.4, 0.5) is 0 Å². The molecule has 2 heteroatoms. The lowest BCUT2D eigenvalue weighted by Crippen LogP contribution is -2.26. The van der Waals surface area contributed by atoms with E-state index in [9.17, 15) is 4.79 Å². The van der Waals surface area contributed by atoms with Crippen molar-refractivity contribution >= 4 is 6.47 Å². The van der Waals surface area contributed by atoms with E-state index in [0.717, 1.165) is 0 Å². The molecule has 3 unspecified atom stereocenters. The van der Waals surface area contributed by atoms with Crippen LogP contribution in [-0.4, -0.2) is 12.6 Å². The van der Waals surface area contributed by atoms with Gasteiger partial charge in [0.05, 0.1) is 0 Å². The third-order valence-electron chi connectivity index (χ3n) is 2.86. The molecule has 2 nitrogen and oxygen atoms in total. The first-order valence-corrected chi connectivity index (χ1v) is 4.53. The van der Waals surface area contributed by atoms with Gasteiger partial charge in [0.1, 0.15) is 6.10 Å². The first-order chi connectivity index (χ1) is 5.50. The van der Waals surface area contributed by atoms with E-state index >= 15 is 0 Å². The minimum Gasteiger partial charge on any atom is -0.454 e. The molecule has 0 saturated carbocycles. The quantitative estimate of drug-likeness (QED) is 0.635. The molecule has 0 aromatic heterocycles. The highest BCUT2D eigenvalue weighted by molar-refractivity contribution is 5.38. The number of hydrogen-bond acceptors (Lipinski definition) is 2. The maximum absolute atomic E-state index is 9.96. The van der Waals surface area contributed by atoms with Gasteiger partial charge in [0, 0.05) is 0 Å². The second-order valence-electron chi connectivity index (χ2n) is 3.87. The summed E-state index contributed by atoms with van der Waals surface area (Å²) in [6.45, 7) is 12.0. The van der Waals surface area contributed by atoms with Crippen molar-refractivity contribution in [1.29, 1.82) is 0 Å². The molecule has 0 saturated heterocycles. The smallest absolute Gasteiger partial charge is 0.417 e. The van der Waals surface area contributed by atoms with Gasteiger partial charge in [-0.3, -0.25) is 0 Å². The molecule has 0 heterocycles. The van der Waals surface area contributed by atoms with E-state index in [4.69, 9.17) is 4.74 Å². The maximum Gasteiger partial charge on any atom is 0.417 e.